The molecule has 0 amide bonds. The average Bonchev–Trinajstić information content (AvgIpc) is 2.99. The zero-order chi connectivity index (χ0) is 21.0. The third-order valence-electron chi connectivity index (χ3n) is 9.69. The summed E-state index contributed by atoms with van der Waals surface area (Å²) >= 11 is 0. The molecule has 4 saturated carbocycles. The van der Waals surface area contributed by atoms with Gasteiger partial charge in [-0.1, -0.05) is 19.9 Å². The maximum Gasteiger partial charge on any atom is 0.302 e. The summed E-state index contributed by atoms with van der Waals surface area (Å²) in [6, 6.07) is 0. The molecule has 4 aliphatic rings. The summed E-state index contributed by atoms with van der Waals surface area (Å²) in [6.45, 7) is 12.0. The van der Waals surface area contributed by atoms with E-state index < -0.39 is 0 Å². The zero-order valence-electron chi connectivity index (χ0n) is 18.6. The largest absolute Gasteiger partial charge is 0.463 e. The van der Waals surface area contributed by atoms with E-state index in [-0.39, 0.29) is 35.0 Å². The predicted octanol–water partition coefficient (Wildman–Crippen LogP) is 5.30. The Morgan fingerprint density at radius 3 is 2.31 bits per heavy atom. The minimum absolute atomic E-state index is 0.0153. The third-order valence-corrected chi connectivity index (χ3v) is 9.69. The predicted molar refractivity (Wildman–Crippen MR) is 112 cm³/mol. The van der Waals surface area contributed by atoms with Gasteiger partial charge in [0.2, 0.25) is 0 Å². The first kappa shape index (κ1) is 20.9. The number of carbonyl (C=O) groups is 2. The molecule has 0 aromatic rings. The fourth-order valence-electron chi connectivity index (χ4n) is 8.31. The van der Waals surface area contributed by atoms with Gasteiger partial charge in [0, 0.05) is 19.3 Å². The second-order valence-corrected chi connectivity index (χ2v) is 10.8. The molecule has 0 spiro atoms. The Balaban J connectivity index is 1.62. The molecule has 9 atom stereocenters. The van der Waals surface area contributed by atoms with Crippen molar-refractivity contribution in [2.24, 2.45) is 40.4 Å². The molecule has 0 radical (unpaired) electrons. The van der Waals surface area contributed by atoms with Gasteiger partial charge in [0.25, 0.3) is 0 Å². The van der Waals surface area contributed by atoms with Gasteiger partial charge in [0.15, 0.2) is 0 Å². The van der Waals surface area contributed by atoms with Crippen molar-refractivity contribution in [1.29, 1.82) is 0 Å². The summed E-state index contributed by atoms with van der Waals surface area (Å²) in [5, 5.41) is 0. The van der Waals surface area contributed by atoms with Gasteiger partial charge in [0.1, 0.15) is 12.2 Å². The highest BCUT2D eigenvalue weighted by Crippen LogP contribution is 2.68. The molecule has 162 valence electrons. The molecule has 4 fully saturated rings. The Hall–Kier alpha value is -1.32. The molecule has 0 heterocycles. The molecule has 4 nitrogen and oxygen atoms in total. The van der Waals surface area contributed by atoms with E-state index in [0.29, 0.717) is 29.6 Å². The summed E-state index contributed by atoms with van der Waals surface area (Å²) < 4.78 is 11.6. The lowest BCUT2D eigenvalue weighted by Gasteiger charge is -2.62. The molecule has 0 saturated heterocycles. The lowest BCUT2D eigenvalue weighted by atomic mass is 9.44. The number of allylic oxidation sites excluding steroid dienone is 1. The standard InChI is InChI=1S/C25H38O4/c1-6-17-8-10-21-20-9-7-18-13-19(28-15(2)26)11-12-24(18,4)22(20)14-23(25(17,21)5)29-16(3)27/h6,17-23H,1,7-14H2,2-5H3/t17-,18+,19+,20-,21-,22-,23-,24-,25+/m0/s1. The maximum absolute atomic E-state index is 12.0. The summed E-state index contributed by atoms with van der Waals surface area (Å²) in [5.41, 5.74) is 0.276. The van der Waals surface area contributed by atoms with Crippen molar-refractivity contribution < 1.29 is 19.1 Å². The lowest BCUT2D eigenvalue weighted by molar-refractivity contribution is -0.192. The highest BCUT2D eigenvalue weighted by atomic mass is 16.5. The van der Waals surface area contributed by atoms with Crippen LogP contribution < -0.4 is 0 Å². The molecule has 29 heavy (non-hydrogen) atoms. The molecule has 4 rings (SSSR count). The minimum Gasteiger partial charge on any atom is -0.463 e. The fraction of sp³-hybridized carbons (Fsp3) is 0.840. The second kappa shape index (κ2) is 7.42. The van der Waals surface area contributed by atoms with Crippen molar-refractivity contribution in [3.05, 3.63) is 12.7 Å². The molecular weight excluding hydrogens is 364 g/mol. The number of fused-ring (bicyclic) bond motifs is 5. The molecule has 4 heteroatoms. The van der Waals surface area contributed by atoms with Crippen molar-refractivity contribution in [1.82, 2.24) is 0 Å². The van der Waals surface area contributed by atoms with Crippen LogP contribution in [-0.2, 0) is 19.1 Å². The van der Waals surface area contributed by atoms with Gasteiger partial charge in [-0.25, -0.2) is 0 Å². The molecule has 0 N–H and O–H groups in total. The summed E-state index contributed by atoms with van der Waals surface area (Å²) in [6.07, 6.45) is 11.1. The molecule has 0 bridgehead atoms. The van der Waals surface area contributed by atoms with Crippen LogP contribution in [0.4, 0.5) is 0 Å². The van der Waals surface area contributed by atoms with Crippen LogP contribution >= 0.6 is 0 Å². The van der Waals surface area contributed by atoms with Crippen molar-refractivity contribution in [3.63, 3.8) is 0 Å². The lowest BCUT2D eigenvalue weighted by Crippen LogP contribution is -2.59. The first-order valence-corrected chi connectivity index (χ1v) is 11.7. The van der Waals surface area contributed by atoms with Crippen molar-refractivity contribution >= 4 is 11.9 Å². The van der Waals surface area contributed by atoms with E-state index in [1.165, 1.54) is 32.6 Å². The van der Waals surface area contributed by atoms with Crippen LogP contribution in [0.3, 0.4) is 0 Å². The van der Waals surface area contributed by atoms with Crippen molar-refractivity contribution in [2.75, 3.05) is 0 Å². The zero-order valence-corrected chi connectivity index (χ0v) is 18.6. The minimum atomic E-state index is -0.155. The van der Waals surface area contributed by atoms with Gasteiger partial charge >= 0.3 is 11.9 Å². The van der Waals surface area contributed by atoms with E-state index in [1.807, 2.05) is 0 Å². The molecule has 0 aromatic heterocycles. The summed E-state index contributed by atoms with van der Waals surface area (Å²) in [7, 11) is 0. The molecule has 4 aliphatic carbocycles. The number of esters is 2. The van der Waals surface area contributed by atoms with Crippen LogP contribution in [-0.4, -0.2) is 24.1 Å². The molecule has 0 unspecified atom stereocenters. The monoisotopic (exact) mass is 402 g/mol. The Morgan fingerprint density at radius 2 is 1.66 bits per heavy atom. The summed E-state index contributed by atoms with van der Waals surface area (Å²) in [4.78, 5) is 23.5. The third kappa shape index (κ3) is 3.25. The Bertz CT molecular complexity index is 686. The van der Waals surface area contributed by atoms with Gasteiger partial charge in [-0.15, -0.1) is 6.58 Å². The van der Waals surface area contributed by atoms with Gasteiger partial charge in [0.05, 0.1) is 0 Å². The summed E-state index contributed by atoms with van der Waals surface area (Å²) in [5.74, 6) is 2.63. The first-order chi connectivity index (χ1) is 13.7. The van der Waals surface area contributed by atoms with Crippen LogP contribution in [0.2, 0.25) is 0 Å². The number of ether oxygens (including phenoxy) is 2. The van der Waals surface area contributed by atoms with E-state index in [2.05, 4.69) is 26.5 Å². The Labute approximate surface area is 175 Å². The maximum atomic E-state index is 12.0. The highest BCUT2D eigenvalue weighted by molar-refractivity contribution is 5.66. The molecule has 0 aromatic carbocycles. The topological polar surface area (TPSA) is 52.6 Å². The van der Waals surface area contributed by atoms with E-state index >= 15 is 0 Å². The highest BCUT2D eigenvalue weighted by Gasteiger charge is 2.64. The van der Waals surface area contributed by atoms with Gasteiger partial charge < -0.3 is 9.47 Å². The van der Waals surface area contributed by atoms with Crippen LogP contribution in [0.1, 0.15) is 79.1 Å². The smallest absolute Gasteiger partial charge is 0.302 e. The normalized spacial score (nSPS) is 48.6. The van der Waals surface area contributed by atoms with E-state index in [0.717, 1.165) is 25.7 Å². The number of hydrogen-bond donors (Lipinski definition) is 0. The van der Waals surface area contributed by atoms with Gasteiger partial charge in [-0.2, -0.15) is 0 Å². The van der Waals surface area contributed by atoms with E-state index in [4.69, 9.17) is 9.47 Å². The number of carbonyl (C=O) groups excluding carboxylic acids is 2. The quantitative estimate of drug-likeness (QED) is 0.474. The fourth-order valence-corrected chi connectivity index (χ4v) is 8.31. The van der Waals surface area contributed by atoms with Crippen molar-refractivity contribution in [3.8, 4) is 0 Å². The van der Waals surface area contributed by atoms with E-state index in [9.17, 15) is 9.59 Å². The van der Waals surface area contributed by atoms with E-state index in [1.54, 1.807) is 6.92 Å². The van der Waals surface area contributed by atoms with Crippen LogP contribution in [0.5, 0.6) is 0 Å². The number of rotatable bonds is 3. The van der Waals surface area contributed by atoms with Crippen LogP contribution in [0, 0.1) is 40.4 Å². The average molecular weight is 403 g/mol. The molecular formula is C25H38O4. The van der Waals surface area contributed by atoms with Gasteiger partial charge in [-0.3, -0.25) is 9.59 Å². The Morgan fingerprint density at radius 1 is 0.931 bits per heavy atom. The van der Waals surface area contributed by atoms with Crippen molar-refractivity contribution in [2.45, 2.75) is 91.3 Å². The first-order valence-electron chi connectivity index (χ1n) is 11.7. The van der Waals surface area contributed by atoms with Crippen LogP contribution in [0.25, 0.3) is 0 Å². The number of hydrogen-bond acceptors (Lipinski definition) is 4. The molecule has 0 aliphatic heterocycles. The van der Waals surface area contributed by atoms with Crippen LogP contribution in [0.15, 0.2) is 12.7 Å². The SMILES string of the molecule is C=C[C@H]1CC[C@H]2[C@@H]3CC[C@@H]4C[C@H](OC(C)=O)CC[C@]4(C)[C@H]3C[C@H](OC(C)=O)[C@]12C. The van der Waals surface area contributed by atoms with Gasteiger partial charge in [-0.05, 0) is 86.4 Å². The Kier molecular flexibility index (Phi) is 5.36. The second-order valence-electron chi connectivity index (χ2n) is 10.8.